The molecule has 0 amide bonds. The fourth-order valence-electron chi connectivity index (χ4n) is 1.79. The molecule has 0 N–H and O–H groups in total. The molecule has 2 heterocycles. The Hall–Kier alpha value is -0.970. The van der Waals surface area contributed by atoms with E-state index < -0.39 is 0 Å². The Morgan fingerprint density at radius 2 is 2.38 bits per heavy atom. The summed E-state index contributed by atoms with van der Waals surface area (Å²) in [6.07, 6.45) is 1.17. The lowest BCUT2D eigenvalue weighted by Crippen LogP contribution is -2.19. The number of tetrazole rings is 1. The van der Waals surface area contributed by atoms with Gasteiger partial charge in [-0.2, -0.15) is 4.80 Å². The van der Waals surface area contributed by atoms with Crippen LogP contribution in [0.25, 0.3) is 0 Å². The summed E-state index contributed by atoms with van der Waals surface area (Å²) in [5.74, 6) is 1.40. The van der Waals surface area contributed by atoms with Gasteiger partial charge in [0.1, 0.15) is 0 Å². The highest BCUT2D eigenvalue weighted by Crippen LogP contribution is 2.23. The third-order valence-corrected chi connectivity index (χ3v) is 2.61. The Balaban J connectivity index is 2.03. The summed E-state index contributed by atoms with van der Waals surface area (Å²) < 4.78 is 0. The van der Waals surface area contributed by atoms with Gasteiger partial charge >= 0.3 is 0 Å². The number of hydrogen-bond acceptors (Lipinski definition) is 4. The second-order valence-electron chi connectivity index (χ2n) is 3.52. The highest BCUT2D eigenvalue weighted by Gasteiger charge is 2.25. The molecule has 0 unspecified atom stereocenters. The Morgan fingerprint density at radius 3 is 2.92 bits per heavy atom. The molecule has 1 fully saturated rings. The number of likely N-dealkylation sites (tertiary alicyclic amines) is 1. The van der Waals surface area contributed by atoms with E-state index in [0.717, 1.165) is 18.9 Å². The number of hydrogen-bond donors (Lipinski definition) is 0. The van der Waals surface area contributed by atoms with Crippen LogP contribution in [-0.4, -0.2) is 44.7 Å². The fourth-order valence-corrected chi connectivity index (χ4v) is 1.79. The van der Waals surface area contributed by atoms with Gasteiger partial charge in [-0.25, -0.2) is 0 Å². The second-order valence-corrected chi connectivity index (χ2v) is 3.52. The molecule has 1 aliphatic rings. The van der Waals surface area contributed by atoms with E-state index in [-0.39, 0.29) is 0 Å². The molecule has 0 aromatic carbocycles. The minimum absolute atomic E-state index is 0.494. The molecule has 72 valence electrons. The summed E-state index contributed by atoms with van der Waals surface area (Å²) in [5.41, 5.74) is 0. The van der Waals surface area contributed by atoms with Crippen molar-refractivity contribution in [2.75, 3.05) is 19.6 Å². The lowest BCUT2D eigenvalue weighted by Gasteiger charge is -2.10. The first kappa shape index (κ1) is 8.62. The average Bonchev–Trinajstić information content (AvgIpc) is 2.71. The van der Waals surface area contributed by atoms with Crippen LogP contribution in [0.2, 0.25) is 0 Å². The first-order chi connectivity index (χ1) is 6.29. The molecule has 1 aromatic rings. The lowest BCUT2D eigenvalue weighted by molar-refractivity contribution is 0.352. The molecule has 2 rings (SSSR count). The largest absolute Gasteiger partial charge is 0.303 e. The summed E-state index contributed by atoms with van der Waals surface area (Å²) >= 11 is 0. The minimum Gasteiger partial charge on any atom is -0.303 e. The molecule has 0 radical (unpaired) electrons. The van der Waals surface area contributed by atoms with Gasteiger partial charge in [-0.05, 0) is 24.7 Å². The van der Waals surface area contributed by atoms with Crippen molar-refractivity contribution < 1.29 is 0 Å². The zero-order valence-corrected chi connectivity index (χ0v) is 8.14. The monoisotopic (exact) mass is 181 g/mol. The van der Waals surface area contributed by atoms with Crippen LogP contribution in [0.4, 0.5) is 0 Å². The van der Waals surface area contributed by atoms with Crippen LogP contribution < -0.4 is 0 Å². The molecule has 1 aliphatic heterocycles. The molecule has 0 spiro atoms. The van der Waals surface area contributed by atoms with Crippen LogP contribution >= 0.6 is 0 Å². The maximum absolute atomic E-state index is 4.23. The molecular weight excluding hydrogens is 166 g/mol. The smallest absolute Gasteiger partial charge is 0.179 e. The zero-order chi connectivity index (χ0) is 9.26. The van der Waals surface area contributed by atoms with Crippen LogP contribution in [0.1, 0.15) is 25.1 Å². The number of likely N-dealkylation sites (N-methyl/N-ethyl adjacent to an activating group) is 1. The molecule has 0 bridgehead atoms. The molecule has 5 heteroatoms. The number of rotatable bonds is 2. The summed E-state index contributed by atoms with van der Waals surface area (Å²) in [4.78, 5) is 3.95. The van der Waals surface area contributed by atoms with Crippen molar-refractivity contribution in [3.05, 3.63) is 5.82 Å². The number of nitrogens with zero attached hydrogens (tertiary/aromatic N) is 5. The van der Waals surface area contributed by atoms with Crippen molar-refractivity contribution >= 4 is 0 Å². The first-order valence-electron chi connectivity index (χ1n) is 4.76. The maximum atomic E-state index is 4.23. The first-order valence-corrected chi connectivity index (χ1v) is 4.76. The lowest BCUT2D eigenvalue weighted by atomic mass is 10.1. The van der Waals surface area contributed by atoms with Crippen LogP contribution in [0.15, 0.2) is 0 Å². The fraction of sp³-hybridized carbons (Fsp3) is 0.875. The van der Waals surface area contributed by atoms with E-state index in [1.54, 1.807) is 0 Å². The van der Waals surface area contributed by atoms with Gasteiger partial charge in [-0.3, -0.25) is 0 Å². The van der Waals surface area contributed by atoms with Gasteiger partial charge in [0.15, 0.2) is 5.82 Å². The van der Waals surface area contributed by atoms with E-state index in [1.165, 1.54) is 17.8 Å². The van der Waals surface area contributed by atoms with Crippen LogP contribution in [0, 0.1) is 0 Å². The van der Waals surface area contributed by atoms with E-state index >= 15 is 0 Å². The average molecular weight is 181 g/mol. The Kier molecular flexibility index (Phi) is 2.26. The standard InChI is InChI=1S/C8H15N5/c1-3-13-5-4-7(6-13)8-9-11-12(2)10-8/h7H,3-6H2,1-2H3/t7-/m1/s1. The number of aryl methyl sites for hydroxylation is 1. The molecule has 1 aromatic heterocycles. The summed E-state index contributed by atoms with van der Waals surface area (Å²) in [6, 6.07) is 0. The van der Waals surface area contributed by atoms with Crippen molar-refractivity contribution in [1.82, 2.24) is 25.1 Å². The minimum atomic E-state index is 0.494. The third kappa shape index (κ3) is 1.70. The van der Waals surface area contributed by atoms with E-state index in [2.05, 4.69) is 27.2 Å². The number of aromatic nitrogens is 4. The van der Waals surface area contributed by atoms with Gasteiger partial charge in [-0.1, -0.05) is 6.92 Å². The van der Waals surface area contributed by atoms with Crippen molar-refractivity contribution in [2.45, 2.75) is 19.3 Å². The van der Waals surface area contributed by atoms with Gasteiger partial charge in [-0.15, -0.1) is 10.2 Å². The molecule has 13 heavy (non-hydrogen) atoms. The highest BCUT2D eigenvalue weighted by atomic mass is 15.6. The SMILES string of the molecule is CCN1CC[C@@H](c2nnn(C)n2)C1. The van der Waals surface area contributed by atoms with Gasteiger partial charge in [0.25, 0.3) is 0 Å². The molecule has 0 aliphatic carbocycles. The van der Waals surface area contributed by atoms with Crippen molar-refractivity contribution in [2.24, 2.45) is 7.05 Å². The van der Waals surface area contributed by atoms with Gasteiger partial charge in [0.05, 0.1) is 7.05 Å². The van der Waals surface area contributed by atoms with Gasteiger partial charge < -0.3 is 4.90 Å². The second kappa shape index (κ2) is 3.41. The van der Waals surface area contributed by atoms with Crippen LogP contribution in [-0.2, 0) is 7.05 Å². The van der Waals surface area contributed by atoms with Gasteiger partial charge in [0.2, 0.25) is 0 Å². The van der Waals surface area contributed by atoms with Crippen LogP contribution in [0.3, 0.4) is 0 Å². The van der Waals surface area contributed by atoms with Crippen LogP contribution in [0.5, 0.6) is 0 Å². The third-order valence-electron chi connectivity index (χ3n) is 2.61. The predicted octanol–water partition coefficient (Wildman–Crippen LogP) is 0.0193. The summed E-state index contributed by atoms with van der Waals surface area (Å²) in [6.45, 7) is 5.56. The van der Waals surface area contributed by atoms with Crippen molar-refractivity contribution in [3.8, 4) is 0 Å². The maximum Gasteiger partial charge on any atom is 0.179 e. The summed E-state index contributed by atoms with van der Waals surface area (Å²) in [5, 5.41) is 12.1. The Morgan fingerprint density at radius 1 is 1.54 bits per heavy atom. The Labute approximate surface area is 77.7 Å². The molecular formula is C8H15N5. The normalized spacial score (nSPS) is 24.0. The highest BCUT2D eigenvalue weighted by molar-refractivity contribution is 4.96. The topological polar surface area (TPSA) is 46.8 Å². The van der Waals surface area contributed by atoms with Gasteiger partial charge in [0, 0.05) is 12.5 Å². The van der Waals surface area contributed by atoms with E-state index in [9.17, 15) is 0 Å². The molecule has 0 saturated carbocycles. The van der Waals surface area contributed by atoms with Crippen molar-refractivity contribution in [3.63, 3.8) is 0 Å². The zero-order valence-electron chi connectivity index (χ0n) is 8.14. The molecule has 1 atom stereocenters. The Bertz CT molecular complexity index is 282. The summed E-state index contributed by atoms with van der Waals surface area (Å²) in [7, 11) is 1.81. The van der Waals surface area contributed by atoms with E-state index in [4.69, 9.17) is 0 Å². The predicted molar refractivity (Wildman–Crippen MR) is 48.3 cm³/mol. The quantitative estimate of drug-likeness (QED) is 0.645. The van der Waals surface area contributed by atoms with Crippen molar-refractivity contribution in [1.29, 1.82) is 0 Å². The molecule has 5 nitrogen and oxygen atoms in total. The van der Waals surface area contributed by atoms with E-state index in [1.807, 2.05) is 7.05 Å². The molecule has 1 saturated heterocycles. The van der Waals surface area contributed by atoms with E-state index in [0.29, 0.717) is 5.92 Å².